The summed E-state index contributed by atoms with van der Waals surface area (Å²) >= 11 is 0. The lowest BCUT2D eigenvalue weighted by molar-refractivity contribution is 0.396. The van der Waals surface area contributed by atoms with Crippen molar-refractivity contribution < 1.29 is 4.42 Å². The molecule has 1 N–H and O–H groups in total. The van der Waals surface area contributed by atoms with E-state index in [0.717, 1.165) is 30.7 Å². The second-order valence-electron chi connectivity index (χ2n) is 4.85. The first-order chi connectivity index (χ1) is 7.84. The van der Waals surface area contributed by atoms with Crippen LogP contribution < -0.4 is 5.32 Å². The maximum absolute atomic E-state index is 5.42. The molecule has 1 aromatic rings. The van der Waals surface area contributed by atoms with Crippen LogP contribution in [0, 0.1) is 12.8 Å². The van der Waals surface area contributed by atoms with Crippen LogP contribution in [-0.4, -0.2) is 11.5 Å². The average Bonchev–Trinajstić information content (AvgIpc) is 2.54. The van der Waals surface area contributed by atoms with Gasteiger partial charge in [-0.05, 0) is 32.2 Å². The molecule has 0 bridgehead atoms. The van der Waals surface area contributed by atoms with E-state index >= 15 is 0 Å². The fraction of sp³-hybridized carbons (Fsp3) is 0.769. The van der Waals surface area contributed by atoms with Crippen molar-refractivity contribution in [1.29, 1.82) is 0 Å². The SMILES string of the molecule is Cc1cnc(CNCC2CCCCCC2)o1. The van der Waals surface area contributed by atoms with E-state index in [1.807, 2.05) is 6.92 Å². The molecule has 0 radical (unpaired) electrons. The monoisotopic (exact) mass is 222 g/mol. The minimum absolute atomic E-state index is 0.768. The molecule has 90 valence electrons. The highest BCUT2D eigenvalue weighted by atomic mass is 16.4. The van der Waals surface area contributed by atoms with Crippen LogP contribution >= 0.6 is 0 Å². The van der Waals surface area contributed by atoms with Crippen LogP contribution in [0.2, 0.25) is 0 Å². The topological polar surface area (TPSA) is 38.1 Å². The first-order valence-corrected chi connectivity index (χ1v) is 6.46. The second-order valence-corrected chi connectivity index (χ2v) is 4.85. The van der Waals surface area contributed by atoms with Gasteiger partial charge in [-0.1, -0.05) is 25.7 Å². The number of oxazole rings is 1. The standard InChI is InChI=1S/C13H22N2O/c1-11-8-15-13(16-11)10-14-9-12-6-4-2-3-5-7-12/h8,12,14H,2-7,9-10H2,1H3. The van der Waals surface area contributed by atoms with E-state index in [1.54, 1.807) is 6.20 Å². The smallest absolute Gasteiger partial charge is 0.208 e. The third kappa shape index (κ3) is 3.63. The molecule has 1 aliphatic carbocycles. The molecular formula is C13H22N2O. The Balaban J connectivity index is 1.67. The van der Waals surface area contributed by atoms with Gasteiger partial charge in [0, 0.05) is 0 Å². The van der Waals surface area contributed by atoms with E-state index in [9.17, 15) is 0 Å². The number of hydrogen-bond acceptors (Lipinski definition) is 3. The van der Waals surface area contributed by atoms with Crippen LogP contribution in [0.3, 0.4) is 0 Å². The summed E-state index contributed by atoms with van der Waals surface area (Å²) < 4.78 is 5.42. The van der Waals surface area contributed by atoms with Crippen molar-refractivity contribution in [3.8, 4) is 0 Å². The van der Waals surface area contributed by atoms with Gasteiger partial charge in [0.15, 0.2) is 0 Å². The van der Waals surface area contributed by atoms with Crippen LogP contribution in [0.15, 0.2) is 10.6 Å². The minimum Gasteiger partial charge on any atom is -0.445 e. The van der Waals surface area contributed by atoms with Gasteiger partial charge in [0.1, 0.15) is 5.76 Å². The minimum atomic E-state index is 0.768. The number of hydrogen-bond donors (Lipinski definition) is 1. The summed E-state index contributed by atoms with van der Waals surface area (Å²) in [6, 6.07) is 0. The molecular weight excluding hydrogens is 200 g/mol. The summed E-state index contributed by atoms with van der Waals surface area (Å²) in [6.07, 6.45) is 10.2. The van der Waals surface area contributed by atoms with Crippen molar-refractivity contribution in [1.82, 2.24) is 10.3 Å². The average molecular weight is 222 g/mol. The number of rotatable bonds is 4. The molecule has 1 aromatic heterocycles. The largest absolute Gasteiger partial charge is 0.445 e. The number of nitrogens with one attached hydrogen (secondary N) is 1. The van der Waals surface area contributed by atoms with E-state index in [-0.39, 0.29) is 0 Å². The molecule has 2 rings (SSSR count). The summed E-state index contributed by atoms with van der Waals surface area (Å²) in [4.78, 5) is 4.19. The molecule has 0 saturated heterocycles. The number of nitrogens with zero attached hydrogens (tertiary/aromatic N) is 1. The Labute approximate surface area is 97.6 Å². The summed E-state index contributed by atoms with van der Waals surface area (Å²) in [5, 5.41) is 3.46. The molecule has 16 heavy (non-hydrogen) atoms. The third-order valence-corrected chi connectivity index (χ3v) is 3.35. The summed E-state index contributed by atoms with van der Waals surface area (Å²) in [5.74, 6) is 2.57. The van der Waals surface area contributed by atoms with Crippen molar-refractivity contribution in [2.24, 2.45) is 5.92 Å². The van der Waals surface area contributed by atoms with Gasteiger partial charge in [-0.2, -0.15) is 0 Å². The Morgan fingerprint density at radius 3 is 2.69 bits per heavy atom. The lowest BCUT2D eigenvalue weighted by atomic mass is 10.0. The molecule has 1 aliphatic rings. The van der Waals surface area contributed by atoms with E-state index in [0.29, 0.717) is 0 Å². The van der Waals surface area contributed by atoms with E-state index in [2.05, 4.69) is 10.3 Å². The quantitative estimate of drug-likeness (QED) is 0.796. The van der Waals surface area contributed by atoms with Crippen LogP contribution in [0.5, 0.6) is 0 Å². The molecule has 0 amide bonds. The molecule has 0 aromatic carbocycles. The highest BCUT2D eigenvalue weighted by Gasteiger charge is 2.11. The van der Waals surface area contributed by atoms with E-state index < -0.39 is 0 Å². The van der Waals surface area contributed by atoms with Crippen LogP contribution in [0.4, 0.5) is 0 Å². The molecule has 0 atom stereocenters. The van der Waals surface area contributed by atoms with Gasteiger partial charge in [-0.15, -0.1) is 0 Å². The van der Waals surface area contributed by atoms with Gasteiger partial charge >= 0.3 is 0 Å². The molecule has 3 heteroatoms. The predicted octanol–water partition coefficient (Wildman–Crippen LogP) is 3.04. The van der Waals surface area contributed by atoms with Gasteiger partial charge in [0.25, 0.3) is 0 Å². The number of aryl methyl sites for hydroxylation is 1. The Kier molecular flexibility index (Phi) is 4.40. The van der Waals surface area contributed by atoms with Gasteiger partial charge in [-0.25, -0.2) is 4.98 Å². The zero-order valence-corrected chi connectivity index (χ0v) is 10.2. The highest BCUT2D eigenvalue weighted by Crippen LogP contribution is 2.22. The summed E-state index contributed by atoms with van der Waals surface area (Å²) in [7, 11) is 0. The van der Waals surface area contributed by atoms with Crippen molar-refractivity contribution in [3.63, 3.8) is 0 Å². The van der Waals surface area contributed by atoms with Crippen LogP contribution in [-0.2, 0) is 6.54 Å². The highest BCUT2D eigenvalue weighted by molar-refractivity contribution is 4.90. The fourth-order valence-electron chi connectivity index (χ4n) is 2.43. The number of aromatic nitrogens is 1. The van der Waals surface area contributed by atoms with Crippen LogP contribution in [0.1, 0.15) is 50.2 Å². The Morgan fingerprint density at radius 2 is 2.06 bits per heavy atom. The molecule has 1 heterocycles. The molecule has 0 spiro atoms. The maximum atomic E-state index is 5.42. The van der Waals surface area contributed by atoms with Crippen molar-refractivity contribution >= 4 is 0 Å². The summed E-state index contributed by atoms with van der Waals surface area (Å²) in [6.45, 7) is 3.81. The predicted molar refractivity (Wildman–Crippen MR) is 64.1 cm³/mol. The second kappa shape index (κ2) is 6.04. The molecule has 0 unspecified atom stereocenters. The third-order valence-electron chi connectivity index (χ3n) is 3.35. The van der Waals surface area contributed by atoms with Crippen LogP contribution in [0.25, 0.3) is 0 Å². The lowest BCUT2D eigenvalue weighted by Gasteiger charge is -2.13. The summed E-state index contributed by atoms with van der Waals surface area (Å²) in [5.41, 5.74) is 0. The normalized spacial score (nSPS) is 18.6. The molecule has 3 nitrogen and oxygen atoms in total. The first kappa shape index (κ1) is 11.6. The Hall–Kier alpha value is -0.830. The molecule has 0 aliphatic heterocycles. The molecule has 1 saturated carbocycles. The zero-order chi connectivity index (χ0) is 11.2. The van der Waals surface area contributed by atoms with Gasteiger partial charge in [0.05, 0.1) is 12.7 Å². The Bertz CT molecular complexity index is 301. The van der Waals surface area contributed by atoms with E-state index in [1.165, 1.54) is 38.5 Å². The van der Waals surface area contributed by atoms with Crippen molar-refractivity contribution in [2.45, 2.75) is 52.0 Å². The van der Waals surface area contributed by atoms with Gasteiger partial charge < -0.3 is 9.73 Å². The van der Waals surface area contributed by atoms with Gasteiger partial charge in [0.2, 0.25) is 5.89 Å². The lowest BCUT2D eigenvalue weighted by Crippen LogP contribution is -2.22. The zero-order valence-electron chi connectivity index (χ0n) is 10.2. The van der Waals surface area contributed by atoms with Crippen molar-refractivity contribution in [3.05, 3.63) is 17.8 Å². The van der Waals surface area contributed by atoms with E-state index in [4.69, 9.17) is 4.42 Å². The maximum Gasteiger partial charge on any atom is 0.208 e. The first-order valence-electron chi connectivity index (χ1n) is 6.46. The van der Waals surface area contributed by atoms with Crippen molar-refractivity contribution in [2.75, 3.05) is 6.54 Å². The van der Waals surface area contributed by atoms with Gasteiger partial charge in [-0.3, -0.25) is 0 Å². The molecule has 1 fully saturated rings. The Morgan fingerprint density at radius 1 is 1.31 bits per heavy atom. The fourth-order valence-corrected chi connectivity index (χ4v) is 2.43.